The summed E-state index contributed by atoms with van der Waals surface area (Å²) in [6.45, 7) is 6.08. The second-order valence-corrected chi connectivity index (χ2v) is 7.25. The molecule has 1 N–H and O–H groups in total. The van der Waals surface area contributed by atoms with Gasteiger partial charge in [-0.2, -0.15) is 0 Å². The Morgan fingerprint density at radius 2 is 2.20 bits per heavy atom. The number of benzene rings is 1. The summed E-state index contributed by atoms with van der Waals surface area (Å²) < 4.78 is 1.19. The summed E-state index contributed by atoms with van der Waals surface area (Å²) in [6, 6.07) is 10.1. The van der Waals surface area contributed by atoms with Crippen LogP contribution in [0, 0.1) is 5.92 Å². The van der Waals surface area contributed by atoms with Crippen LogP contribution in [0.5, 0.6) is 0 Å². The van der Waals surface area contributed by atoms with Crippen LogP contribution in [0.2, 0.25) is 0 Å². The molecule has 3 rings (SSSR count). The van der Waals surface area contributed by atoms with Crippen molar-refractivity contribution >= 4 is 15.9 Å². The van der Waals surface area contributed by atoms with Crippen LogP contribution in [0.4, 0.5) is 0 Å². The fourth-order valence-corrected chi connectivity index (χ4v) is 4.23. The van der Waals surface area contributed by atoms with Crippen LogP contribution in [0.1, 0.15) is 44.2 Å². The van der Waals surface area contributed by atoms with Gasteiger partial charge in [-0.15, -0.1) is 0 Å². The molecular formula is C17H25BrN2. The molecule has 2 saturated heterocycles. The Kier molecular flexibility index (Phi) is 4.79. The number of nitrogens with one attached hydrogen (secondary N) is 1. The minimum absolute atomic E-state index is 0.525. The van der Waals surface area contributed by atoms with Crippen molar-refractivity contribution in [2.75, 3.05) is 19.6 Å². The van der Waals surface area contributed by atoms with Crippen molar-refractivity contribution in [2.24, 2.45) is 5.92 Å². The molecule has 0 amide bonds. The molecule has 0 bridgehead atoms. The van der Waals surface area contributed by atoms with E-state index in [1.165, 1.54) is 55.4 Å². The number of hydrogen-bond acceptors (Lipinski definition) is 2. The molecule has 0 aliphatic carbocycles. The van der Waals surface area contributed by atoms with Crippen LogP contribution in [0.3, 0.4) is 0 Å². The topological polar surface area (TPSA) is 15.3 Å². The van der Waals surface area contributed by atoms with Gasteiger partial charge >= 0.3 is 0 Å². The maximum absolute atomic E-state index is 3.70. The number of nitrogens with zero attached hydrogens (tertiary/aromatic N) is 1. The molecule has 0 aromatic heterocycles. The molecule has 2 heterocycles. The second-order valence-electron chi connectivity index (χ2n) is 6.33. The van der Waals surface area contributed by atoms with Gasteiger partial charge in [0.15, 0.2) is 0 Å². The van der Waals surface area contributed by atoms with Gasteiger partial charge < -0.3 is 5.32 Å². The minimum atomic E-state index is 0.525. The van der Waals surface area contributed by atoms with Crippen LogP contribution in [0.25, 0.3) is 0 Å². The average Bonchev–Trinajstić information content (AvgIpc) is 3.01. The molecule has 20 heavy (non-hydrogen) atoms. The lowest BCUT2D eigenvalue weighted by molar-refractivity contribution is 0.115. The summed E-state index contributed by atoms with van der Waals surface area (Å²) in [5, 5.41) is 3.70. The van der Waals surface area contributed by atoms with Crippen molar-refractivity contribution in [3.05, 3.63) is 34.3 Å². The van der Waals surface area contributed by atoms with E-state index >= 15 is 0 Å². The van der Waals surface area contributed by atoms with Crippen molar-refractivity contribution in [1.82, 2.24) is 10.2 Å². The van der Waals surface area contributed by atoms with E-state index in [9.17, 15) is 0 Å². The molecular weight excluding hydrogens is 312 g/mol. The third kappa shape index (κ3) is 3.26. The quantitative estimate of drug-likeness (QED) is 0.898. The monoisotopic (exact) mass is 336 g/mol. The highest BCUT2D eigenvalue weighted by atomic mass is 79.9. The van der Waals surface area contributed by atoms with Gasteiger partial charge in [-0.25, -0.2) is 0 Å². The predicted octanol–water partition coefficient (Wildman–Crippen LogP) is 3.97. The lowest BCUT2D eigenvalue weighted by atomic mass is 9.88. The van der Waals surface area contributed by atoms with Gasteiger partial charge in [-0.05, 0) is 69.3 Å². The maximum Gasteiger partial charge on any atom is 0.0320 e. The first-order valence-electron chi connectivity index (χ1n) is 7.97. The molecule has 2 aliphatic heterocycles. The Bertz CT molecular complexity index is 442. The van der Waals surface area contributed by atoms with Crippen molar-refractivity contribution in [1.29, 1.82) is 0 Å². The Hall–Kier alpha value is -0.380. The van der Waals surface area contributed by atoms with E-state index in [4.69, 9.17) is 0 Å². The lowest BCUT2D eigenvalue weighted by Gasteiger charge is -2.39. The van der Waals surface area contributed by atoms with E-state index in [0.29, 0.717) is 6.04 Å². The summed E-state index contributed by atoms with van der Waals surface area (Å²) in [4.78, 5) is 2.68. The zero-order valence-corrected chi connectivity index (χ0v) is 13.9. The van der Waals surface area contributed by atoms with Crippen molar-refractivity contribution in [3.63, 3.8) is 0 Å². The first-order valence-corrected chi connectivity index (χ1v) is 8.76. The first-order chi connectivity index (χ1) is 9.74. The summed E-state index contributed by atoms with van der Waals surface area (Å²) in [7, 11) is 0. The van der Waals surface area contributed by atoms with Crippen LogP contribution < -0.4 is 5.32 Å². The highest BCUT2D eigenvalue weighted by molar-refractivity contribution is 9.10. The van der Waals surface area contributed by atoms with Crippen LogP contribution in [-0.2, 0) is 0 Å². The summed E-state index contributed by atoms with van der Waals surface area (Å²) in [5.74, 6) is 0.848. The normalized spacial score (nSPS) is 29.5. The Morgan fingerprint density at radius 3 is 2.95 bits per heavy atom. The van der Waals surface area contributed by atoms with Gasteiger partial charge in [0.05, 0.1) is 0 Å². The number of likely N-dealkylation sites (tertiary alicyclic amines) is 1. The van der Waals surface area contributed by atoms with Crippen molar-refractivity contribution < 1.29 is 0 Å². The molecule has 1 aromatic rings. The highest BCUT2D eigenvalue weighted by Gasteiger charge is 2.30. The summed E-state index contributed by atoms with van der Waals surface area (Å²) in [5.41, 5.74) is 1.43. The van der Waals surface area contributed by atoms with E-state index in [0.717, 1.165) is 12.0 Å². The number of rotatable bonds is 3. The Morgan fingerprint density at radius 1 is 1.30 bits per heavy atom. The van der Waals surface area contributed by atoms with Crippen molar-refractivity contribution in [2.45, 2.75) is 44.7 Å². The van der Waals surface area contributed by atoms with Gasteiger partial charge in [0.2, 0.25) is 0 Å². The smallest absolute Gasteiger partial charge is 0.0320 e. The van der Waals surface area contributed by atoms with Crippen LogP contribution >= 0.6 is 15.9 Å². The molecule has 2 aliphatic rings. The molecule has 3 atom stereocenters. The van der Waals surface area contributed by atoms with Crippen molar-refractivity contribution in [3.8, 4) is 0 Å². The van der Waals surface area contributed by atoms with Crippen LogP contribution in [-0.4, -0.2) is 30.6 Å². The van der Waals surface area contributed by atoms with E-state index < -0.39 is 0 Å². The van der Waals surface area contributed by atoms with Gasteiger partial charge in [0.25, 0.3) is 0 Å². The Labute approximate surface area is 131 Å². The van der Waals surface area contributed by atoms with Gasteiger partial charge in [-0.1, -0.05) is 28.1 Å². The van der Waals surface area contributed by atoms with E-state index in [-0.39, 0.29) is 0 Å². The van der Waals surface area contributed by atoms with Gasteiger partial charge in [0, 0.05) is 23.1 Å². The Balaban J connectivity index is 1.66. The fraction of sp³-hybridized carbons (Fsp3) is 0.647. The largest absolute Gasteiger partial charge is 0.314 e. The average molecular weight is 337 g/mol. The highest BCUT2D eigenvalue weighted by Crippen LogP contribution is 2.31. The molecule has 1 aromatic carbocycles. The number of hydrogen-bond donors (Lipinski definition) is 1. The van der Waals surface area contributed by atoms with Crippen LogP contribution in [0.15, 0.2) is 28.7 Å². The molecule has 0 spiro atoms. The predicted molar refractivity (Wildman–Crippen MR) is 87.9 cm³/mol. The molecule has 2 fully saturated rings. The standard InChI is InChI=1S/C17H25BrN2/c1-13(14-5-2-7-16(18)11-14)20-10-4-6-15(12-20)17-8-3-9-19-17/h2,5,7,11,13,15,17,19H,3-4,6,8-10,12H2,1H3. The first kappa shape index (κ1) is 14.6. The van der Waals surface area contributed by atoms with E-state index in [1.54, 1.807) is 0 Å². The molecule has 3 heteroatoms. The second kappa shape index (κ2) is 6.59. The van der Waals surface area contributed by atoms with E-state index in [2.05, 4.69) is 57.3 Å². The number of piperidine rings is 1. The summed E-state index contributed by atoms with van der Waals surface area (Å²) >= 11 is 3.59. The summed E-state index contributed by atoms with van der Waals surface area (Å²) in [6.07, 6.45) is 5.49. The number of halogens is 1. The van der Waals surface area contributed by atoms with Gasteiger partial charge in [0.1, 0.15) is 0 Å². The third-order valence-electron chi connectivity index (χ3n) is 5.04. The molecule has 3 unspecified atom stereocenters. The third-order valence-corrected chi connectivity index (χ3v) is 5.53. The SMILES string of the molecule is CC(c1cccc(Br)c1)N1CCCC(C2CCCN2)C1. The minimum Gasteiger partial charge on any atom is -0.314 e. The molecule has 110 valence electrons. The molecule has 0 saturated carbocycles. The zero-order chi connectivity index (χ0) is 13.9. The van der Waals surface area contributed by atoms with Gasteiger partial charge in [-0.3, -0.25) is 4.90 Å². The van der Waals surface area contributed by atoms with E-state index in [1.807, 2.05) is 0 Å². The zero-order valence-electron chi connectivity index (χ0n) is 12.3. The maximum atomic E-state index is 3.70. The fourth-order valence-electron chi connectivity index (χ4n) is 3.81. The molecule has 2 nitrogen and oxygen atoms in total. The molecule has 0 radical (unpaired) electrons. The lowest BCUT2D eigenvalue weighted by Crippen LogP contribution is -2.44.